The molecule has 8 heteroatoms. The Morgan fingerprint density at radius 3 is 1.63 bits per heavy atom. The first-order valence-electron chi connectivity index (χ1n) is 19.4. The predicted octanol–water partition coefficient (Wildman–Crippen LogP) is 12.1. The minimum Gasteiger partial charge on any atom is -0.508 e. The van der Waals surface area contributed by atoms with Crippen LogP contribution < -0.4 is 9.47 Å². The molecule has 0 aliphatic carbocycles. The smallest absolute Gasteiger partial charge is 0.338 e. The van der Waals surface area contributed by atoms with Crippen LogP contribution in [0.2, 0.25) is 0 Å². The number of methoxy groups -OCH3 is 2. The molecule has 0 aliphatic heterocycles. The summed E-state index contributed by atoms with van der Waals surface area (Å²) in [5, 5.41) is 37.5. The molecule has 4 N–H and O–H groups in total. The minimum atomic E-state index is -0.346. The van der Waals surface area contributed by atoms with Crippen molar-refractivity contribution < 1.29 is 39.4 Å². The van der Waals surface area contributed by atoms with Crippen LogP contribution in [0.4, 0.5) is 0 Å². The number of esters is 1. The van der Waals surface area contributed by atoms with E-state index < -0.39 is 0 Å². The van der Waals surface area contributed by atoms with Gasteiger partial charge in [0.15, 0.2) is 0 Å². The molecule has 0 amide bonds. The summed E-state index contributed by atoms with van der Waals surface area (Å²) < 4.78 is 15.2. The zero-order valence-electron chi connectivity index (χ0n) is 35.9. The predicted molar refractivity (Wildman–Crippen MR) is 233 cm³/mol. The third-order valence-corrected chi connectivity index (χ3v) is 8.27. The Hall–Kier alpha value is -5.63. The van der Waals surface area contributed by atoms with E-state index >= 15 is 0 Å². The van der Waals surface area contributed by atoms with Gasteiger partial charge < -0.3 is 34.6 Å². The van der Waals surface area contributed by atoms with Crippen molar-refractivity contribution >= 4 is 5.97 Å². The number of unbranched alkanes of at least 4 members (excludes halogenated alkanes) is 1. The summed E-state index contributed by atoms with van der Waals surface area (Å²) in [5.74, 6) is 2.39. The minimum absolute atomic E-state index is 0.00984. The van der Waals surface area contributed by atoms with Crippen LogP contribution in [-0.2, 0) is 22.0 Å². The highest BCUT2D eigenvalue weighted by molar-refractivity contribution is 5.89. The third-order valence-electron chi connectivity index (χ3n) is 8.27. The van der Waals surface area contributed by atoms with Crippen LogP contribution in [0, 0.1) is 0 Å². The highest BCUT2D eigenvalue weighted by Gasteiger charge is 2.19. The quantitative estimate of drug-likeness (QED) is 0.115. The number of ether oxygens (including phenoxy) is 3. The van der Waals surface area contributed by atoms with E-state index in [1.165, 1.54) is 42.7 Å². The second kappa shape index (κ2) is 25.5. The Bertz CT molecular complexity index is 1850. The monoisotopic (exact) mass is 782 g/mol. The summed E-state index contributed by atoms with van der Waals surface area (Å²) in [7, 11) is 3.26. The van der Waals surface area contributed by atoms with Gasteiger partial charge >= 0.3 is 5.97 Å². The molecule has 0 bridgehead atoms. The lowest BCUT2D eigenvalue weighted by atomic mass is 9.86. The molecule has 0 aliphatic rings. The number of para-hydroxylation sites is 1. The Morgan fingerprint density at radius 2 is 1.12 bits per heavy atom. The second-order valence-corrected chi connectivity index (χ2v) is 15.2. The number of benzene rings is 5. The summed E-state index contributed by atoms with van der Waals surface area (Å²) >= 11 is 0. The van der Waals surface area contributed by atoms with Crippen molar-refractivity contribution in [3.63, 3.8) is 0 Å². The molecule has 5 aromatic carbocycles. The molecule has 8 nitrogen and oxygen atoms in total. The fraction of sp³-hybridized carbons (Fsp3) is 0.367. The first-order valence-corrected chi connectivity index (χ1v) is 19.4. The number of phenols is 4. The van der Waals surface area contributed by atoms with E-state index in [2.05, 4.69) is 67.5 Å². The van der Waals surface area contributed by atoms with Crippen LogP contribution in [0.25, 0.3) is 0 Å². The first kappa shape index (κ1) is 49.4. The molecule has 57 heavy (non-hydrogen) atoms. The van der Waals surface area contributed by atoms with E-state index in [9.17, 15) is 20.1 Å². The normalized spacial score (nSPS) is 10.4. The van der Waals surface area contributed by atoms with Crippen molar-refractivity contribution in [2.24, 2.45) is 0 Å². The lowest BCUT2D eigenvalue weighted by molar-refractivity contribution is 0.0505. The average Bonchev–Trinajstić information content (AvgIpc) is 3.19. The second-order valence-electron chi connectivity index (χ2n) is 15.2. The molecule has 0 heterocycles. The van der Waals surface area contributed by atoms with Crippen molar-refractivity contribution in [2.75, 3.05) is 20.8 Å². The van der Waals surface area contributed by atoms with Gasteiger partial charge in [-0.15, -0.1) is 0 Å². The summed E-state index contributed by atoms with van der Waals surface area (Å²) in [6, 6.07) is 34.0. The van der Waals surface area contributed by atoms with Crippen molar-refractivity contribution in [1.29, 1.82) is 0 Å². The van der Waals surface area contributed by atoms with Crippen LogP contribution in [-0.4, -0.2) is 47.2 Å². The van der Waals surface area contributed by atoms with E-state index in [0.29, 0.717) is 23.7 Å². The van der Waals surface area contributed by atoms with Gasteiger partial charge in [-0.1, -0.05) is 124 Å². The van der Waals surface area contributed by atoms with Crippen LogP contribution in [0.1, 0.15) is 114 Å². The maximum absolute atomic E-state index is 11.2. The van der Waals surface area contributed by atoms with Crippen LogP contribution >= 0.6 is 0 Å². The number of phenolic OH excluding ortho intramolecular Hbond substituents is 4. The number of carbonyl (C=O) groups excluding carboxylic acids is 1. The molecule has 0 atom stereocenters. The number of aromatic hydroxyl groups is 4. The Kier molecular flexibility index (Phi) is 22.1. The molecule has 0 aromatic heterocycles. The zero-order chi connectivity index (χ0) is 43.0. The Balaban J connectivity index is 0.000000368. The molecular weight excluding hydrogens is 717 g/mol. The molecule has 0 fully saturated rings. The summed E-state index contributed by atoms with van der Waals surface area (Å²) in [4.78, 5) is 11.2. The van der Waals surface area contributed by atoms with Crippen LogP contribution in [0.3, 0.4) is 0 Å². The molecule has 0 spiro atoms. The molecule has 0 unspecified atom stereocenters. The maximum atomic E-state index is 11.2. The van der Waals surface area contributed by atoms with Crippen molar-refractivity contribution in [1.82, 2.24) is 0 Å². The standard InChI is InChI=1S/C13H12O.2C11H16O2.C10H12O3.C4H10/c14-13-9-5-4-8-12(13)10-11-6-2-1-3-7-11;1-11(2,3)9-7-8(13-4)5-6-10(9)12;1-11(2,3)9-7-8(12)5-6-10(9)13-4;1-2-7-13-10(12)8-3-5-9(11)6-4-8;1-3-4-2/h1-9,14H,10H2;2*5-7,12H,1-4H3;3-6,11H,2,7H2,1H3;3-4H2,1-2H3. The number of carbonyl (C=O) groups is 1. The van der Waals surface area contributed by atoms with Crippen molar-refractivity contribution in [3.8, 4) is 34.5 Å². The molecule has 5 aromatic rings. The van der Waals surface area contributed by atoms with E-state index in [-0.39, 0.29) is 28.3 Å². The van der Waals surface area contributed by atoms with E-state index in [1.54, 1.807) is 50.6 Å². The lowest BCUT2D eigenvalue weighted by Gasteiger charge is -2.21. The summed E-state index contributed by atoms with van der Waals surface area (Å²) in [5.41, 5.74) is 4.52. The van der Waals surface area contributed by atoms with Crippen molar-refractivity contribution in [2.45, 2.75) is 98.8 Å². The molecule has 0 radical (unpaired) electrons. The first-order chi connectivity index (χ1) is 26.9. The van der Waals surface area contributed by atoms with Gasteiger partial charge in [-0.3, -0.25) is 0 Å². The molecule has 0 saturated heterocycles. The Labute approximate surface area is 341 Å². The van der Waals surface area contributed by atoms with Gasteiger partial charge in [0.2, 0.25) is 0 Å². The van der Waals surface area contributed by atoms with Gasteiger partial charge in [0.05, 0.1) is 26.4 Å². The van der Waals surface area contributed by atoms with Gasteiger partial charge in [-0.05, 0) is 95.1 Å². The van der Waals surface area contributed by atoms with Gasteiger partial charge in [0.1, 0.15) is 34.5 Å². The third kappa shape index (κ3) is 19.2. The molecule has 310 valence electrons. The van der Waals surface area contributed by atoms with Gasteiger partial charge in [-0.2, -0.15) is 0 Å². The molecular formula is C49H66O8. The Morgan fingerprint density at radius 1 is 0.561 bits per heavy atom. The highest BCUT2D eigenvalue weighted by Crippen LogP contribution is 2.34. The number of hydrogen-bond acceptors (Lipinski definition) is 8. The van der Waals surface area contributed by atoms with Gasteiger partial charge in [0, 0.05) is 17.5 Å². The SMILES string of the molecule is CCCC.CCCOC(=O)c1ccc(O)cc1.COc1ccc(O)c(C(C)(C)C)c1.COc1ccc(O)cc1C(C)(C)C.Oc1ccccc1Cc1ccccc1. The molecule has 5 rings (SSSR count). The molecule has 0 saturated carbocycles. The highest BCUT2D eigenvalue weighted by atomic mass is 16.5. The lowest BCUT2D eigenvalue weighted by Crippen LogP contribution is -2.12. The maximum Gasteiger partial charge on any atom is 0.338 e. The zero-order valence-corrected chi connectivity index (χ0v) is 35.9. The fourth-order valence-electron chi connectivity index (χ4n) is 4.88. The fourth-order valence-corrected chi connectivity index (χ4v) is 4.88. The summed E-state index contributed by atoms with van der Waals surface area (Å²) in [6.07, 6.45) is 4.23. The topological polar surface area (TPSA) is 126 Å². The van der Waals surface area contributed by atoms with E-state index in [1.807, 2.05) is 49.4 Å². The van der Waals surface area contributed by atoms with Gasteiger partial charge in [0.25, 0.3) is 0 Å². The van der Waals surface area contributed by atoms with E-state index in [4.69, 9.17) is 19.3 Å². The van der Waals surface area contributed by atoms with E-state index in [0.717, 1.165) is 41.0 Å². The van der Waals surface area contributed by atoms with Crippen LogP contribution in [0.5, 0.6) is 34.5 Å². The largest absolute Gasteiger partial charge is 0.508 e. The van der Waals surface area contributed by atoms with Crippen molar-refractivity contribution in [3.05, 3.63) is 143 Å². The van der Waals surface area contributed by atoms with Crippen LogP contribution in [0.15, 0.2) is 115 Å². The number of hydrogen-bond donors (Lipinski definition) is 4. The average molecular weight is 783 g/mol. The number of rotatable bonds is 8. The summed E-state index contributed by atoms with van der Waals surface area (Å²) in [6.45, 7) is 19.2. The van der Waals surface area contributed by atoms with Gasteiger partial charge in [-0.25, -0.2) is 4.79 Å².